The molecule has 1 rings (SSSR count). The summed E-state index contributed by atoms with van der Waals surface area (Å²) in [5, 5.41) is 6.03. The summed E-state index contributed by atoms with van der Waals surface area (Å²) >= 11 is 0. The minimum absolute atomic E-state index is 0.206. The van der Waals surface area contributed by atoms with Crippen molar-refractivity contribution in [3.8, 4) is 6.01 Å². The van der Waals surface area contributed by atoms with Crippen LogP contribution < -0.4 is 21.1 Å². The number of hydrogen-bond acceptors (Lipinski definition) is 7. The van der Waals surface area contributed by atoms with Gasteiger partial charge in [0.25, 0.3) is 0 Å². The van der Waals surface area contributed by atoms with Gasteiger partial charge in [0.05, 0.1) is 12.5 Å². The topological polar surface area (TPSA) is 115 Å². The molecule has 0 aliphatic heterocycles. The van der Waals surface area contributed by atoms with E-state index in [0.717, 1.165) is 13.0 Å². The molecule has 0 atom stereocenters. The molecular formula is C12H22N6O2. The molecule has 0 spiro atoms. The predicted octanol–water partition coefficient (Wildman–Crippen LogP) is 0.626. The fourth-order valence-corrected chi connectivity index (χ4v) is 1.23. The van der Waals surface area contributed by atoms with Crippen LogP contribution in [0.2, 0.25) is 0 Å². The summed E-state index contributed by atoms with van der Waals surface area (Å²) < 4.78 is 5.02. The smallest absolute Gasteiger partial charge is 0.322 e. The van der Waals surface area contributed by atoms with Crippen LogP contribution in [-0.4, -0.2) is 41.1 Å². The quantitative estimate of drug-likeness (QED) is 0.640. The summed E-state index contributed by atoms with van der Waals surface area (Å²) in [6.07, 6.45) is 0.950. The number of nitrogens with one attached hydrogen (secondary N) is 2. The molecule has 1 heterocycles. The summed E-state index contributed by atoms with van der Waals surface area (Å²) in [5.74, 6) is 0.373. The van der Waals surface area contributed by atoms with Crippen LogP contribution in [0.4, 0.5) is 11.9 Å². The lowest BCUT2D eigenvalue weighted by molar-refractivity contribution is -0.125. The monoisotopic (exact) mass is 282 g/mol. The zero-order valence-corrected chi connectivity index (χ0v) is 12.4. The largest absolute Gasteiger partial charge is 0.467 e. The van der Waals surface area contributed by atoms with Gasteiger partial charge in [-0.3, -0.25) is 4.79 Å². The Morgan fingerprint density at radius 2 is 1.85 bits per heavy atom. The maximum Gasteiger partial charge on any atom is 0.322 e. The highest BCUT2D eigenvalue weighted by atomic mass is 16.5. The van der Waals surface area contributed by atoms with Gasteiger partial charge in [-0.05, 0) is 20.3 Å². The first-order valence-corrected chi connectivity index (χ1v) is 6.46. The third-order valence-corrected chi connectivity index (χ3v) is 2.69. The lowest BCUT2D eigenvalue weighted by Crippen LogP contribution is -2.37. The molecule has 0 radical (unpaired) electrons. The number of ether oxygens (including phenoxy) is 1. The minimum Gasteiger partial charge on any atom is -0.467 e. The molecule has 1 amide bonds. The van der Waals surface area contributed by atoms with Crippen LogP contribution in [0.3, 0.4) is 0 Å². The summed E-state index contributed by atoms with van der Waals surface area (Å²) in [5.41, 5.74) is 4.62. The van der Waals surface area contributed by atoms with Crippen molar-refractivity contribution in [1.29, 1.82) is 0 Å². The van der Waals surface area contributed by atoms with Gasteiger partial charge >= 0.3 is 6.01 Å². The fourth-order valence-electron chi connectivity index (χ4n) is 1.23. The molecule has 0 aromatic carbocycles. The molecule has 8 heteroatoms. The molecular weight excluding hydrogens is 260 g/mol. The highest BCUT2D eigenvalue weighted by molar-refractivity contribution is 5.80. The van der Waals surface area contributed by atoms with E-state index in [9.17, 15) is 4.79 Å². The number of anilines is 2. The number of methoxy groups -OCH3 is 1. The van der Waals surface area contributed by atoms with Crippen LogP contribution >= 0.6 is 0 Å². The van der Waals surface area contributed by atoms with Crippen molar-refractivity contribution in [2.75, 3.05) is 30.8 Å². The Balaban J connectivity index is 2.80. The van der Waals surface area contributed by atoms with Gasteiger partial charge in [0, 0.05) is 13.1 Å². The van der Waals surface area contributed by atoms with Crippen molar-refractivity contribution in [2.45, 2.75) is 27.2 Å². The number of carbonyl (C=O) groups excluding carboxylic acids is 1. The average molecular weight is 282 g/mol. The number of carbonyl (C=O) groups is 1. The van der Waals surface area contributed by atoms with Crippen LogP contribution in [0.5, 0.6) is 6.01 Å². The maximum absolute atomic E-state index is 11.3. The molecule has 0 fully saturated rings. The van der Waals surface area contributed by atoms with Gasteiger partial charge in [0.1, 0.15) is 0 Å². The van der Waals surface area contributed by atoms with E-state index in [1.165, 1.54) is 7.11 Å². The van der Waals surface area contributed by atoms with Gasteiger partial charge in [-0.2, -0.15) is 15.0 Å². The normalized spacial score (nSPS) is 11.0. The molecule has 20 heavy (non-hydrogen) atoms. The number of aromatic nitrogens is 3. The molecule has 1 aromatic rings. The summed E-state index contributed by atoms with van der Waals surface area (Å²) in [6, 6.07) is 0.206. The summed E-state index contributed by atoms with van der Waals surface area (Å²) in [4.78, 5) is 23.6. The standard InChI is InChI=1S/C12H22N6O2/c1-5-6-14-9-16-10(18-11(17-9)20-4)15-7-12(2,3)8(13)19/h5-7H2,1-4H3,(H2,13,19)(H2,14,15,16,17,18). The second-order valence-corrected chi connectivity index (χ2v) is 5.00. The minimum atomic E-state index is -0.698. The van der Waals surface area contributed by atoms with E-state index in [0.29, 0.717) is 18.4 Å². The first-order valence-electron chi connectivity index (χ1n) is 6.46. The van der Waals surface area contributed by atoms with E-state index in [1.807, 2.05) is 6.92 Å². The lowest BCUT2D eigenvalue weighted by Gasteiger charge is -2.20. The number of amides is 1. The van der Waals surface area contributed by atoms with Crippen LogP contribution in [0.15, 0.2) is 0 Å². The second-order valence-electron chi connectivity index (χ2n) is 5.00. The molecule has 0 aliphatic carbocycles. The van der Waals surface area contributed by atoms with Gasteiger partial charge < -0.3 is 21.1 Å². The molecule has 0 saturated heterocycles. The van der Waals surface area contributed by atoms with Crippen LogP contribution in [0, 0.1) is 5.41 Å². The molecule has 8 nitrogen and oxygen atoms in total. The molecule has 0 bridgehead atoms. The van der Waals surface area contributed by atoms with Gasteiger partial charge in [0.2, 0.25) is 17.8 Å². The molecule has 112 valence electrons. The van der Waals surface area contributed by atoms with E-state index >= 15 is 0 Å². The molecule has 0 aliphatic rings. The Morgan fingerprint density at radius 1 is 1.25 bits per heavy atom. The van der Waals surface area contributed by atoms with Crippen molar-refractivity contribution in [3.63, 3.8) is 0 Å². The third kappa shape index (κ3) is 4.52. The fraction of sp³-hybridized carbons (Fsp3) is 0.667. The van der Waals surface area contributed by atoms with E-state index in [-0.39, 0.29) is 6.01 Å². The number of rotatable bonds is 8. The molecule has 0 unspecified atom stereocenters. The second kappa shape index (κ2) is 6.88. The SMILES string of the molecule is CCCNc1nc(NCC(C)(C)C(N)=O)nc(OC)n1. The average Bonchev–Trinajstić information content (AvgIpc) is 2.42. The Morgan fingerprint density at radius 3 is 2.35 bits per heavy atom. The number of hydrogen-bond donors (Lipinski definition) is 3. The molecule has 1 aromatic heterocycles. The van der Waals surface area contributed by atoms with Gasteiger partial charge in [-0.25, -0.2) is 0 Å². The van der Waals surface area contributed by atoms with Crippen molar-refractivity contribution >= 4 is 17.8 Å². The van der Waals surface area contributed by atoms with Crippen molar-refractivity contribution < 1.29 is 9.53 Å². The van der Waals surface area contributed by atoms with Crippen molar-refractivity contribution in [2.24, 2.45) is 11.1 Å². The zero-order valence-electron chi connectivity index (χ0n) is 12.4. The highest BCUT2D eigenvalue weighted by Gasteiger charge is 2.25. The molecule has 0 saturated carbocycles. The highest BCUT2D eigenvalue weighted by Crippen LogP contribution is 2.16. The van der Waals surface area contributed by atoms with Gasteiger partial charge in [0.15, 0.2) is 0 Å². The zero-order chi connectivity index (χ0) is 15.2. The third-order valence-electron chi connectivity index (χ3n) is 2.69. The number of nitrogens with zero attached hydrogens (tertiary/aromatic N) is 3. The number of primary amides is 1. The van der Waals surface area contributed by atoms with Gasteiger partial charge in [-0.1, -0.05) is 6.92 Å². The van der Waals surface area contributed by atoms with Gasteiger partial charge in [-0.15, -0.1) is 0 Å². The van der Waals surface area contributed by atoms with Crippen molar-refractivity contribution in [1.82, 2.24) is 15.0 Å². The maximum atomic E-state index is 11.3. The van der Waals surface area contributed by atoms with Crippen molar-refractivity contribution in [3.05, 3.63) is 0 Å². The predicted molar refractivity (Wildman–Crippen MR) is 76.6 cm³/mol. The summed E-state index contributed by atoms with van der Waals surface area (Å²) in [6.45, 7) is 6.61. The number of nitrogens with two attached hydrogens (primary N) is 1. The Kier molecular flexibility index (Phi) is 5.48. The summed E-state index contributed by atoms with van der Waals surface area (Å²) in [7, 11) is 1.48. The van der Waals surface area contributed by atoms with E-state index in [4.69, 9.17) is 10.5 Å². The molecule has 4 N–H and O–H groups in total. The Labute approximate surface area is 118 Å². The first-order chi connectivity index (χ1) is 9.39. The first kappa shape index (κ1) is 15.9. The van der Waals surface area contributed by atoms with Crippen LogP contribution in [0.25, 0.3) is 0 Å². The Hall–Kier alpha value is -2.12. The van der Waals surface area contributed by atoms with E-state index < -0.39 is 11.3 Å². The Bertz CT molecular complexity index is 463. The van der Waals surface area contributed by atoms with Crippen LogP contribution in [-0.2, 0) is 4.79 Å². The van der Waals surface area contributed by atoms with E-state index in [2.05, 4.69) is 25.6 Å². The lowest BCUT2D eigenvalue weighted by atomic mass is 9.93. The van der Waals surface area contributed by atoms with E-state index in [1.54, 1.807) is 13.8 Å². The van der Waals surface area contributed by atoms with Crippen LogP contribution in [0.1, 0.15) is 27.2 Å².